The van der Waals surface area contributed by atoms with E-state index in [2.05, 4.69) is 10.6 Å². The molecular weight excluding hydrogens is 246 g/mol. The van der Waals surface area contributed by atoms with E-state index in [1.54, 1.807) is 0 Å². The summed E-state index contributed by atoms with van der Waals surface area (Å²) in [6.45, 7) is 1.14. The van der Waals surface area contributed by atoms with Crippen LogP contribution >= 0.6 is 0 Å². The lowest BCUT2D eigenvalue weighted by atomic mass is 10.3. The summed E-state index contributed by atoms with van der Waals surface area (Å²) in [4.78, 5) is 21.8. The summed E-state index contributed by atoms with van der Waals surface area (Å²) in [5.41, 5.74) is 0.101. The van der Waals surface area contributed by atoms with Crippen LogP contribution < -0.4 is 10.6 Å². The van der Waals surface area contributed by atoms with E-state index >= 15 is 0 Å². The first kappa shape index (κ1) is 14.0. The second kappa shape index (κ2) is 6.06. The molecule has 0 aliphatic heterocycles. The summed E-state index contributed by atoms with van der Waals surface area (Å²) < 4.78 is 25.4. The number of halogens is 2. The quantitative estimate of drug-likeness (QED) is 0.735. The van der Waals surface area contributed by atoms with Gasteiger partial charge >= 0.3 is 5.97 Å². The highest BCUT2D eigenvalue weighted by molar-refractivity contribution is 5.92. The molecule has 0 aliphatic carbocycles. The maximum atomic E-state index is 12.8. The number of anilines is 1. The third-order valence-electron chi connectivity index (χ3n) is 2.14. The van der Waals surface area contributed by atoms with Crippen LogP contribution in [0.4, 0.5) is 14.5 Å². The molecule has 98 valence electrons. The molecule has 0 radical (unpaired) electrons. The fraction of sp³-hybridized carbons (Fsp3) is 0.273. The van der Waals surface area contributed by atoms with E-state index in [1.807, 2.05) is 0 Å². The lowest BCUT2D eigenvalue weighted by molar-refractivity contribution is -0.139. The van der Waals surface area contributed by atoms with Gasteiger partial charge in [-0.1, -0.05) is 0 Å². The smallest absolute Gasteiger partial charge is 0.320 e. The van der Waals surface area contributed by atoms with Crippen LogP contribution in [0.2, 0.25) is 0 Å². The fourth-order valence-electron chi connectivity index (χ4n) is 1.11. The van der Waals surface area contributed by atoms with E-state index in [1.165, 1.54) is 13.0 Å². The molecule has 0 bridgehead atoms. The number of hydrogen-bond donors (Lipinski definition) is 3. The number of carbonyl (C=O) groups excluding carboxylic acids is 1. The van der Waals surface area contributed by atoms with Crippen molar-refractivity contribution in [1.82, 2.24) is 5.32 Å². The molecule has 0 saturated heterocycles. The van der Waals surface area contributed by atoms with Crippen LogP contribution in [0.3, 0.4) is 0 Å². The van der Waals surface area contributed by atoms with E-state index in [0.29, 0.717) is 0 Å². The zero-order valence-electron chi connectivity index (χ0n) is 9.54. The van der Waals surface area contributed by atoms with Crippen molar-refractivity contribution in [3.63, 3.8) is 0 Å². The minimum Gasteiger partial charge on any atom is -0.480 e. The molecule has 0 fully saturated rings. The zero-order chi connectivity index (χ0) is 13.7. The molecule has 0 spiro atoms. The molecule has 7 heteroatoms. The van der Waals surface area contributed by atoms with Crippen LogP contribution in [-0.4, -0.2) is 29.6 Å². The summed E-state index contributed by atoms with van der Waals surface area (Å²) in [6, 6.07) is 2.06. The summed E-state index contributed by atoms with van der Waals surface area (Å²) in [5.74, 6) is -3.71. The molecule has 3 N–H and O–H groups in total. The molecule has 1 aromatic carbocycles. The van der Waals surface area contributed by atoms with Gasteiger partial charge < -0.3 is 10.4 Å². The molecule has 5 nitrogen and oxygen atoms in total. The molecule has 1 amide bonds. The normalized spacial score (nSPS) is 11.9. The third-order valence-corrected chi connectivity index (χ3v) is 2.14. The molecule has 0 heterocycles. The van der Waals surface area contributed by atoms with Crippen LogP contribution in [0.5, 0.6) is 0 Å². The van der Waals surface area contributed by atoms with Gasteiger partial charge in [-0.15, -0.1) is 0 Å². The van der Waals surface area contributed by atoms with Gasteiger partial charge in [0.05, 0.1) is 6.54 Å². The first-order valence-corrected chi connectivity index (χ1v) is 5.11. The Morgan fingerprint density at radius 3 is 2.56 bits per heavy atom. The Bertz CT molecular complexity index is 466. The number of rotatable bonds is 5. The largest absolute Gasteiger partial charge is 0.480 e. The predicted octanol–water partition coefficient (Wildman–Crippen LogP) is 0.966. The van der Waals surface area contributed by atoms with Gasteiger partial charge in [0.2, 0.25) is 5.91 Å². The van der Waals surface area contributed by atoms with Gasteiger partial charge in [0.1, 0.15) is 6.04 Å². The van der Waals surface area contributed by atoms with E-state index in [4.69, 9.17) is 5.11 Å². The molecule has 1 unspecified atom stereocenters. The van der Waals surface area contributed by atoms with Crippen molar-refractivity contribution in [2.24, 2.45) is 0 Å². The number of aliphatic carboxylic acids is 1. The number of carboxylic acid groups (broad SMARTS) is 1. The summed E-state index contributed by atoms with van der Waals surface area (Å²) in [6.07, 6.45) is 0. The van der Waals surface area contributed by atoms with E-state index in [9.17, 15) is 18.4 Å². The number of carbonyl (C=O) groups is 2. The Balaban J connectivity index is 2.49. The summed E-state index contributed by atoms with van der Waals surface area (Å²) >= 11 is 0. The molecule has 0 aromatic heterocycles. The van der Waals surface area contributed by atoms with E-state index in [-0.39, 0.29) is 12.2 Å². The Morgan fingerprint density at radius 1 is 1.33 bits per heavy atom. The molecule has 1 atom stereocenters. The topological polar surface area (TPSA) is 78.4 Å². The Kier molecular flexibility index (Phi) is 4.73. The average Bonchev–Trinajstić information content (AvgIpc) is 2.30. The number of nitrogens with one attached hydrogen (secondary N) is 2. The SMILES string of the molecule is CC(NCC(=O)Nc1ccc(F)c(F)c1)C(=O)O. The molecule has 1 rings (SSSR count). The lowest BCUT2D eigenvalue weighted by Crippen LogP contribution is -2.39. The van der Waals surface area contributed by atoms with E-state index < -0.39 is 29.6 Å². The second-order valence-electron chi connectivity index (χ2n) is 3.62. The summed E-state index contributed by atoms with van der Waals surface area (Å²) in [5, 5.41) is 13.3. The number of carboxylic acids is 1. The molecule has 0 saturated carbocycles. The van der Waals surface area contributed by atoms with Gasteiger partial charge in [0.15, 0.2) is 11.6 Å². The number of amides is 1. The van der Waals surface area contributed by atoms with Crippen LogP contribution in [0, 0.1) is 11.6 Å². The fourth-order valence-corrected chi connectivity index (χ4v) is 1.11. The molecular formula is C11H12F2N2O3. The Morgan fingerprint density at radius 2 is 2.00 bits per heavy atom. The first-order chi connectivity index (χ1) is 8.40. The highest BCUT2D eigenvalue weighted by atomic mass is 19.2. The molecule has 18 heavy (non-hydrogen) atoms. The maximum absolute atomic E-state index is 12.8. The van der Waals surface area contributed by atoms with Crippen molar-refractivity contribution in [3.05, 3.63) is 29.8 Å². The summed E-state index contributed by atoms with van der Waals surface area (Å²) in [7, 11) is 0. The van der Waals surface area contributed by atoms with E-state index in [0.717, 1.165) is 12.1 Å². The molecule has 0 aliphatic rings. The van der Waals surface area contributed by atoms with Crippen LogP contribution in [0.25, 0.3) is 0 Å². The Labute approximate surface area is 102 Å². The predicted molar refractivity (Wildman–Crippen MR) is 60.1 cm³/mol. The van der Waals surface area contributed by atoms with Crippen molar-refractivity contribution in [2.75, 3.05) is 11.9 Å². The highest BCUT2D eigenvalue weighted by Crippen LogP contribution is 2.12. The van der Waals surface area contributed by atoms with Gasteiger partial charge in [-0.3, -0.25) is 14.9 Å². The van der Waals surface area contributed by atoms with Crippen LogP contribution in [0.15, 0.2) is 18.2 Å². The van der Waals surface area contributed by atoms with Crippen molar-refractivity contribution in [3.8, 4) is 0 Å². The van der Waals surface area contributed by atoms with Crippen molar-refractivity contribution in [1.29, 1.82) is 0 Å². The van der Waals surface area contributed by atoms with Gasteiger partial charge in [-0.2, -0.15) is 0 Å². The van der Waals surface area contributed by atoms with Crippen molar-refractivity contribution >= 4 is 17.6 Å². The highest BCUT2D eigenvalue weighted by Gasteiger charge is 2.12. The monoisotopic (exact) mass is 258 g/mol. The maximum Gasteiger partial charge on any atom is 0.320 e. The standard InChI is InChI=1S/C11H12F2N2O3/c1-6(11(17)18)14-5-10(16)15-7-2-3-8(12)9(13)4-7/h2-4,6,14H,5H2,1H3,(H,15,16)(H,17,18). The van der Waals surface area contributed by atoms with Gasteiger partial charge in [0, 0.05) is 11.8 Å². The van der Waals surface area contributed by atoms with Gasteiger partial charge in [0.25, 0.3) is 0 Å². The zero-order valence-corrected chi connectivity index (χ0v) is 9.54. The van der Waals surface area contributed by atoms with Crippen LogP contribution in [-0.2, 0) is 9.59 Å². The first-order valence-electron chi connectivity index (χ1n) is 5.11. The minimum absolute atomic E-state index is 0.101. The third kappa shape index (κ3) is 4.10. The van der Waals surface area contributed by atoms with Crippen molar-refractivity contribution < 1.29 is 23.5 Å². The van der Waals surface area contributed by atoms with Gasteiger partial charge in [-0.25, -0.2) is 8.78 Å². The number of benzene rings is 1. The van der Waals surface area contributed by atoms with Crippen LogP contribution in [0.1, 0.15) is 6.92 Å². The number of hydrogen-bond acceptors (Lipinski definition) is 3. The Hall–Kier alpha value is -2.02. The van der Waals surface area contributed by atoms with Crippen molar-refractivity contribution in [2.45, 2.75) is 13.0 Å². The minimum atomic E-state index is -1.09. The molecule has 1 aromatic rings. The average molecular weight is 258 g/mol. The van der Waals surface area contributed by atoms with Gasteiger partial charge in [-0.05, 0) is 19.1 Å². The lowest BCUT2D eigenvalue weighted by Gasteiger charge is -2.09. The second-order valence-corrected chi connectivity index (χ2v) is 3.62.